The van der Waals surface area contributed by atoms with Crippen molar-refractivity contribution >= 4 is 5.71 Å². The van der Waals surface area contributed by atoms with Crippen LogP contribution in [-0.2, 0) is 0 Å². The topological polar surface area (TPSA) is 23.9 Å². The summed E-state index contributed by atoms with van der Waals surface area (Å²) in [6, 6.07) is 0. The second-order valence-corrected chi connectivity index (χ2v) is 9.71. The summed E-state index contributed by atoms with van der Waals surface area (Å²) in [5.41, 5.74) is 3.49. The molecule has 0 radical (unpaired) electrons. The van der Waals surface area contributed by atoms with E-state index >= 15 is 0 Å². The average molecular weight is 408 g/mol. The minimum absolute atomic E-state index is 0.0227. The molecular formula is C28H57N. The van der Waals surface area contributed by atoms with E-state index in [1.165, 1.54) is 11.1 Å². The molecule has 0 aliphatic rings. The van der Waals surface area contributed by atoms with Crippen LogP contribution in [0.1, 0.15) is 110 Å². The molecule has 0 heterocycles. The van der Waals surface area contributed by atoms with Crippen LogP contribution in [0.15, 0.2) is 36.5 Å². The van der Waals surface area contributed by atoms with E-state index in [1.54, 1.807) is 0 Å². The van der Waals surface area contributed by atoms with Crippen molar-refractivity contribution in [3.05, 3.63) is 36.5 Å². The van der Waals surface area contributed by atoms with Crippen molar-refractivity contribution in [1.82, 2.24) is 0 Å². The molecule has 1 heteroatoms. The van der Waals surface area contributed by atoms with Gasteiger partial charge in [-0.25, -0.2) is 0 Å². The molecule has 0 aromatic carbocycles. The zero-order chi connectivity index (χ0) is 24.4. The lowest BCUT2D eigenvalue weighted by atomic mass is 9.72. The second-order valence-electron chi connectivity index (χ2n) is 9.71. The first kappa shape index (κ1) is 35.3. The molecule has 1 nitrogen and oxygen atoms in total. The summed E-state index contributed by atoms with van der Waals surface area (Å²) in [6.07, 6.45) is 6.21. The lowest BCUT2D eigenvalue weighted by molar-refractivity contribution is 0.348. The van der Waals surface area contributed by atoms with Gasteiger partial charge in [0.15, 0.2) is 0 Å². The summed E-state index contributed by atoms with van der Waals surface area (Å²) in [5, 5.41) is 8.24. The summed E-state index contributed by atoms with van der Waals surface area (Å²) in [7, 11) is 0. The van der Waals surface area contributed by atoms with E-state index in [0.29, 0.717) is 17.8 Å². The molecule has 1 N–H and O–H groups in total. The molecule has 0 rings (SSSR count). The molecule has 2 unspecified atom stereocenters. The molecule has 2 atom stereocenters. The third-order valence-corrected chi connectivity index (χ3v) is 4.87. The maximum atomic E-state index is 8.24. The highest BCUT2D eigenvalue weighted by Gasteiger charge is 2.30. The quantitative estimate of drug-likeness (QED) is 0.305. The Morgan fingerprint density at radius 2 is 1.24 bits per heavy atom. The van der Waals surface area contributed by atoms with Crippen molar-refractivity contribution in [3.63, 3.8) is 0 Å². The molecule has 0 aromatic rings. The number of hydrogen-bond acceptors (Lipinski definition) is 1. The maximum absolute atomic E-state index is 8.24. The van der Waals surface area contributed by atoms with Gasteiger partial charge in [-0.15, -0.1) is 6.58 Å². The predicted molar refractivity (Wildman–Crippen MR) is 140 cm³/mol. The van der Waals surface area contributed by atoms with E-state index < -0.39 is 0 Å². The Morgan fingerprint density at radius 1 is 0.862 bits per heavy atom. The van der Waals surface area contributed by atoms with Crippen LogP contribution < -0.4 is 0 Å². The predicted octanol–water partition coefficient (Wildman–Crippen LogP) is 10.1. The molecule has 0 bridgehead atoms. The Morgan fingerprint density at radius 3 is 1.45 bits per heavy atom. The highest BCUT2D eigenvalue weighted by atomic mass is 14.5. The van der Waals surface area contributed by atoms with Crippen LogP contribution in [0.3, 0.4) is 0 Å². The van der Waals surface area contributed by atoms with E-state index in [2.05, 4.69) is 95.4 Å². The number of nitrogens with one attached hydrogen (secondary N) is 1. The number of allylic oxidation sites excluding steroid dienone is 4. The second kappa shape index (κ2) is 20.2. The first-order valence-corrected chi connectivity index (χ1v) is 11.6. The Kier molecular flexibility index (Phi) is 24.6. The summed E-state index contributed by atoms with van der Waals surface area (Å²) in [5.74, 6) is 2.32. The van der Waals surface area contributed by atoms with Gasteiger partial charge in [-0.3, -0.25) is 0 Å². The lowest BCUT2D eigenvalue weighted by Gasteiger charge is -2.33. The van der Waals surface area contributed by atoms with Crippen LogP contribution >= 0.6 is 0 Å². The van der Waals surface area contributed by atoms with Gasteiger partial charge in [-0.1, -0.05) is 106 Å². The van der Waals surface area contributed by atoms with Crippen molar-refractivity contribution in [2.45, 2.75) is 110 Å². The Hall–Kier alpha value is -1.11. The van der Waals surface area contributed by atoms with Crippen LogP contribution in [0, 0.1) is 34.5 Å². The molecular weight excluding hydrogens is 350 g/mol. The largest absolute Gasteiger partial charge is 0.309 e. The third-order valence-electron chi connectivity index (χ3n) is 4.87. The molecule has 0 aliphatic carbocycles. The van der Waals surface area contributed by atoms with Gasteiger partial charge in [-0.2, -0.15) is 0 Å². The molecule has 0 fully saturated rings. The molecule has 0 aliphatic heterocycles. The molecule has 0 spiro atoms. The molecule has 0 amide bonds. The van der Waals surface area contributed by atoms with E-state index in [-0.39, 0.29) is 5.41 Å². The van der Waals surface area contributed by atoms with E-state index in [0.717, 1.165) is 24.5 Å². The van der Waals surface area contributed by atoms with Gasteiger partial charge in [0, 0.05) is 11.1 Å². The summed E-state index contributed by atoms with van der Waals surface area (Å²) < 4.78 is 0. The zero-order valence-corrected chi connectivity index (χ0v) is 22.8. The van der Waals surface area contributed by atoms with Gasteiger partial charge in [-0.05, 0) is 57.3 Å². The minimum Gasteiger partial charge on any atom is -0.309 e. The van der Waals surface area contributed by atoms with E-state index in [1.807, 2.05) is 26.8 Å². The molecule has 174 valence electrons. The lowest BCUT2D eigenvalue weighted by Crippen LogP contribution is -2.33. The molecule has 0 saturated carbocycles. The molecule has 29 heavy (non-hydrogen) atoms. The van der Waals surface area contributed by atoms with Crippen LogP contribution in [-0.4, -0.2) is 5.71 Å². The standard InChI is InChI=1S/C14H27N.C8H14.C4H10.C2H6/c1-10(2)8-9-12(5)13(15)14(6,7)11(3)4;1-5-6-8(4)7(2)3;1-4(2)3;1-2/h8,11-12,15H,9H2,1-7H3;5,8H,1-2,6H2,3-4H3;4H,1-3H3;1-2H3. The normalized spacial score (nSPS) is 12.1. The van der Waals surface area contributed by atoms with Crippen molar-refractivity contribution in [3.8, 4) is 0 Å². The smallest absolute Gasteiger partial charge is 0.0179 e. The Balaban J connectivity index is -0.000000186. The highest BCUT2D eigenvalue weighted by Crippen LogP contribution is 2.31. The fraction of sp³-hybridized carbons (Fsp3) is 0.750. The monoisotopic (exact) mass is 407 g/mol. The zero-order valence-electron chi connectivity index (χ0n) is 22.8. The number of hydrogen-bond donors (Lipinski definition) is 1. The van der Waals surface area contributed by atoms with Gasteiger partial charge in [0.1, 0.15) is 0 Å². The average Bonchev–Trinajstić information content (AvgIpc) is 2.60. The van der Waals surface area contributed by atoms with Gasteiger partial charge < -0.3 is 5.41 Å². The fourth-order valence-electron chi connectivity index (χ4n) is 1.93. The van der Waals surface area contributed by atoms with Crippen LogP contribution in [0.2, 0.25) is 0 Å². The number of rotatable bonds is 8. The molecule has 0 aromatic heterocycles. The van der Waals surface area contributed by atoms with Crippen LogP contribution in [0.4, 0.5) is 0 Å². The Bertz CT molecular complexity index is 442. The van der Waals surface area contributed by atoms with Crippen molar-refractivity contribution in [2.75, 3.05) is 0 Å². The van der Waals surface area contributed by atoms with Gasteiger partial charge in [0.25, 0.3) is 0 Å². The Labute approximate surface area is 186 Å². The van der Waals surface area contributed by atoms with Gasteiger partial charge in [0.05, 0.1) is 0 Å². The van der Waals surface area contributed by atoms with Crippen LogP contribution in [0.5, 0.6) is 0 Å². The van der Waals surface area contributed by atoms with Crippen molar-refractivity contribution in [2.24, 2.45) is 29.1 Å². The third kappa shape index (κ3) is 23.0. The maximum Gasteiger partial charge on any atom is 0.0179 e. The van der Waals surface area contributed by atoms with Gasteiger partial charge >= 0.3 is 0 Å². The van der Waals surface area contributed by atoms with Crippen LogP contribution in [0.25, 0.3) is 0 Å². The van der Waals surface area contributed by atoms with Gasteiger partial charge in [0.2, 0.25) is 0 Å². The summed E-state index contributed by atoms with van der Waals surface area (Å²) in [6.45, 7) is 37.3. The summed E-state index contributed by atoms with van der Waals surface area (Å²) in [4.78, 5) is 0. The summed E-state index contributed by atoms with van der Waals surface area (Å²) >= 11 is 0. The SMILES string of the molecule is C=CCC(C)C(=C)C.CC.CC(C)=CCC(C)C(=N)C(C)(C)C(C)C.CC(C)C. The van der Waals surface area contributed by atoms with E-state index in [4.69, 9.17) is 5.41 Å². The molecule has 0 saturated heterocycles. The highest BCUT2D eigenvalue weighted by molar-refractivity contribution is 5.89. The first-order valence-electron chi connectivity index (χ1n) is 11.6. The van der Waals surface area contributed by atoms with E-state index in [9.17, 15) is 0 Å². The first-order chi connectivity index (χ1) is 13.1. The minimum atomic E-state index is 0.0227. The van der Waals surface area contributed by atoms with Crippen molar-refractivity contribution in [1.29, 1.82) is 5.41 Å². The fourth-order valence-corrected chi connectivity index (χ4v) is 1.93. The van der Waals surface area contributed by atoms with Crippen molar-refractivity contribution < 1.29 is 0 Å².